The van der Waals surface area contributed by atoms with Crippen molar-refractivity contribution in [3.8, 4) is 0 Å². The van der Waals surface area contributed by atoms with E-state index in [2.05, 4.69) is 28.8 Å². The van der Waals surface area contributed by atoms with E-state index in [0.29, 0.717) is 24.1 Å². The van der Waals surface area contributed by atoms with Gasteiger partial charge >= 0.3 is 11.9 Å². The molecule has 3 saturated carbocycles. The zero-order valence-corrected chi connectivity index (χ0v) is 20.7. The number of rotatable bonds is 3. The van der Waals surface area contributed by atoms with Crippen molar-refractivity contribution in [3.05, 3.63) is 47.6 Å². The number of hydrogen-bond donors (Lipinski definition) is 0. The van der Waals surface area contributed by atoms with Gasteiger partial charge in [0, 0.05) is 21.6 Å². The van der Waals surface area contributed by atoms with Crippen LogP contribution < -0.4 is 0 Å². The summed E-state index contributed by atoms with van der Waals surface area (Å²) in [5.41, 5.74) is -0.291. The summed E-state index contributed by atoms with van der Waals surface area (Å²) in [4.78, 5) is 49.8. The van der Waals surface area contributed by atoms with E-state index < -0.39 is 34.3 Å². The molecule has 190 valence electrons. The quantitative estimate of drug-likeness (QED) is 0.461. The molecular weight excluding hydrogens is 467 g/mol. The van der Waals surface area contributed by atoms with Crippen LogP contribution in [0.4, 0.5) is 4.53 Å². The number of fused-ring (bicyclic) bond motifs is 3. The van der Waals surface area contributed by atoms with Crippen LogP contribution in [0.25, 0.3) is 0 Å². The summed E-state index contributed by atoms with van der Waals surface area (Å²) in [5.74, 6) is -2.58. The van der Waals surface area contributed by atoms with Crippen molar-refractivity contribution in [3.63, 3.8) is 0 Å². The molecule has 0 bridgehead atoms. The molecule has 6 rings (SSSR count). The smallest absolute Gasteiger partial charge is 0.358 e. The lowest BCUT2D eigenvalue weighted by Gasteiger charge is -2.55. The SMILES string of the molecule is Cc1cnc(C(=O)O[C@@H]2[C@H](C)CC3C4C[C@H](C(=O)OF)C5=CC(=O)C=C[C@]5(C)[C@@]45O[C@H]5C[C@@]32C)cn1. The monoisotopic (exact) mass is 496 g/mol. The fourth-order valence-corrected chi connectivity index (χ4v) is 8.24. The van der Waals surface area contributed by atoms with Crippen LogP contribution in [0.1, 0.15) is 56.2 Å². The number of halogens is 1. The summed E-state index contributed by atoms with van der Waals surface area (Å²) in [6.45, 7) is 7.97. The zero-order valence-electron chi connectivity index (χ0n) is 20.7. The highest BCUT2D eigenvalue weighted by atomic mass is 19.3. The largest absolute Gasteiger partial charge is 0.457 e. The fourth-order valence-electron chi connectivity index (χ4n) is 8.24. The number of aryl methyl sites for hydroxylation is 1. The Labute approximate surface area is 208 Å². The molecule has 1 aromatic rings. The molecule has 0 amide bonds. The lowest BCUT2D eigenvalue weighted by Crippen LogP contribution is -2.59. The maximum atomic E-state index is 13.2. The molecule has 1 spiro atoms. The van der Waals surface area contributed by atoms with Crippen LogP contribution >= 0.6 is 0 Å². The van der Waals surface area contributed by atoms with Crippen molar-refractivity contribution in [2.75, 3.05) is 0 Å². The van der Waals surface area contributed by atoms with Crippen molar-refractivity contribution >= 4 is 17.7 Å². The molecule has 5 aliphatic rings. The number of ketones is 1. The molecule has 0 radical (unpaired) electrons. The first kappa shape index (κ1) is 23.5. The molecule has 2 heterocycles. The van der Waals surface area contributed by atoms with E-state index in [0.717, 1.165) is 6.42 Å². The predicted molar refractivity (Wildman–Crippen MR) is 123 cm³/mol. The predicted octanol–water partition coefficient (Wildman–Crippen LogP) is 3.65. The molecule has 0 N–H and O–H groups in total. The maximum Gasteiger partial charge on any atom is 0.358 e. The summed E-state index contributed by atoms with van der Waals surface area (Å²) >= 11 is 0. The van der Waals surface area contributed by atoms with Crippen molar-refractivity contribution in [2.24, 2.45) is 34.5 Å². The number of ether oxygens (including phenoxy) is 2. The van der Waals surface area contributed by atoms with Gasteiger partial charge in [0.05, 0.1) is 23.9 Å². The Hall–Kier alpha value is -2.94. The van der Waals surface area contributed by atoms with E-state index in [1.54, 1.807) is 6.92 Å². The van der Waals surface area contributed by atoms with Crippen LogP contribution in [0, 0.1) is 41.4 Å². The first-order valence-corrected chi connectivity index (χ1v) is 12.5. The number of hydrogen-bond acceptors (Lipinski definition) is 8. The summed E-state index contributed by atoms with van der Waals surface area (Å²) in [7, 11) is 0. The van der Waals surface area contributed by atoms with E-state index >= 15 is 0 Å². The summed E-state index contributed by atoms with van der Waals surface area (Å²) in [6, 6.07) is 0. The molecule has 1 aliphatic heterocycles. The Balaban J connectivity index is 1.36. The van der Waals surface area contributed by atoms with Crippen LogP contribution in [0.3, 0.4) is 0 Å². The van der Waals surface area contributed by atoms with Gasteiger partial charge in [-0.2, -0.15) is 0 Å². The average molecular weight is 497 g/mol. The molecular formula is C27H29FN2O6. The summed E-state index contributed by atoms with van der Waals surface area (Å²) in [5, 5.41) is 0. The molecule has 4 fully saturated rings. The number of epoxide rings is 1. The molecule has 2 unspecified atom stereocenters. The normalized spacial score (nSPS) is 43.9. The van der Waals surface area contributed by atoms with Gasteiger partial charge in [-0.3, -0.25) is 14.7 Å². The lowest BCUT2D eigenvalue weighted by atomic mass is 9.46. The molecule has 4 aliphatic carbocycles. The Morgan fingerprint density at radius 1 is 1.17 bits per heavy atom. The highest BCUT2D eigenvalue weighted by Gasteiger charge is 2.81. The Bertz CT molecular complexity index is 1230. The van der Waals surface area contributed by atoms with E-state index in [-0.39, 0.29) is 41.4 Å². The first-order chi connectivity index (χ1) is 17.0. The van der Waals surface area contributed by atoms with E-state index in [1.807, 2.05) is 13.0 Å². The maximum absolute atomic E-state index is 13.2. The number of carbonyl (C=O) groups is 3. The average Bonchev–Trinajstić information content (AvgIpc) is 3.52. The van der Waals surface area contributed by atoms with Gasteiger partial charge in [0.25, 0.3) is 0 Å². The fraction of sp³-hybridized carbons (Fsp3) is 0.593. The molecule has 9 heteroatoms. The third-order valence-corrected chi connectivity index (χ3v) is 9.80. The highest BCUT2D eigenvalue weighted by Crippen LogP contribution is 2.75. The van der Waals surface area contributed by atoms with Gasteiger partial charge in [0.2, 0.25) is 0 Å². The van der Waals surface area contributed by atoms with Crippen molar-refractivity contribution in [2.45, 2.75) is 64.8 Å². The molecule has 8 nitrogen and oxygen atoms in total. The summed E-state index contributed by atoms with van der Waals surface area (Å²) in [6.07, 6.45) is 8.99. The van der Waals surface area contributed by atoms with E-state index in [1.165, 1.54) is 24.5 Å². The number of allylic oxidation sites excluding steroid dienone is 2. The van der Waals surface area contributed by atoms with Gasteiger partial charge in [-0.05, 0) is 68.6 Å². The van der Waals surface area contributed by atoms with Gasteiger partial charge in [-0.15, -0.1) is 0 Å². The van der Waals surface area contributed by atoms with Gasteiger partial charge in [-0.25, -0.2) is 14.6 Å². The third-order valence-electron chi connectivity index (χ3n) is 9.80. The van der Waals surface area contributed by atoms with Crippen molar-refractivity contribution in [1.29, 1.82) is 0 Å². The molecule has 9 atom stereocenters. The number of aromatic nitrogens is 2. The van der Waals surface area contributed by atoms with Crippen LogP contribution in [-0.2, 0) is 24.0 Å². The van der Waals surface area contributed by atoms with Crippen LogP contribution in [0.15, 0.2) is 36.2 Å². The highest BCUT2D eigenvalue weighted by molar-refractivity contribution is 6.02. The van der Waals surface area contributed by atoms with Gasteiger partial charge in [0.1, 0.15) is 11.7 Å². The second kappa shape index (κ2) is 7.54. The Morgan fingerprint density at radius 3 is 2.64 bits per heavy atom. The topological polar surface area (TPSA) is 108 Å². The molecule has 1 saturated heterocycles. The van der Waals surface area contributed by atoms with E-state index in [4.69, 9.17) is 9.47 Å². The summed E-state index contributed by atoms with van der Waals surface area (Å²) < 4.78 is 25.8. The number of nitrogens with zero attached hydrogens (tertiary/aromatic N) is 2. The second-order valence-electron chi connectivity index (χ2n) is 11.6. The van der Waals surface area contributed by atoms with Gasteiger partial charge < -0.3 is 9.47 Å². The zero-order chi connectivity index (χ0) is 25.6. The first-order valence-electron chi connectivity index (χ1n) is 12.5. The molecule has 1 aromatic heterocycles. The minimum atomic E-state index is -0.984. The molecule has 0 aromatic carbocycles. The third kappa shape index (κ3) is 2.92. The van der Waals surface area contributed by atoms with Crippen LogP contribution in [0.2, 0.25) is 0 Å². The second-order valence-corrected chi connectivity index (χ2v) is 11.6. The van der Waals surface area contributed by atoms with Crippen LogP contribution in [-0.4, -0.2) is 45.5 Å². The minimum absolute atomic E-state index is 0.0625. The van der Waals surface area contributed by atoms with Crippen molar-refractivity contribution in [1.82, 2.24) is 9.97 Å². The Kier molecular flexibility index (Phi) is 4.91. The van der Waals surface area contributed by atoms with Crippen LogP contribution in [0.5, 0.6) is 0 Å². The Morgan fingerprint density at radius 2 is 1.94 bits per heavy atom. The lowest BCUT2D eigenvalue weighted by molar-refractivity contribution is -0.191. The number of carbonyl (C=O) groups excluding carboxylic acids is 3. The minimum Gasteiger partial charge on any atom is -0.457 e. The van der Waals surface area contributed by atoms with Crippen molar-refractivity contribution < 1.29 is 33.3 Å². The van der Waals surface area contributed by atoms with Gasteiger partial charge in [0.15, 0.2) is 11.5 Å². The number of esters is 1. The standard InChI is InChI=1S/C27H29FN2O6/c1-13-7-18-19-9-16(23(32)36-28)17-8-15(31)5-6-26(17,4)27(19)21(35-27)10-25(18,3)22(13)34-24(33)20-12-29-14(2)11-30-20/h5-6,8,11-13,16,18-19,21-22H,7,9-10H2,1-4H3/t13-,16+,18?,19?,21+,22-,25+,26+,27-/m1/s1. The van der Waals surface area contributed by atoms with E-state index in [9.17, 15) is 18.9 Å². The van der Waals surface area contributed by atoms with Gasteiger partial charge in [-0.1, -0.05) is 19.9 Å². The molecule has 36 heavy (non-hydrogen) atoms.